The van der Waals surface area contributed by atoms with Gasteiger partial charge in [0.1, 0.15) is 5.82 Å². The van der Waals surface area contributed by atoms with E-state index >= 15 is 0 Å². The molecule has 22 heavy (non-hydrogen) atoms. The molecule has 2 heterocycles. The van der Waals surface area contributed by atoms with E-state index in [1.54, 1.807) is 4.90 Å². The third-order valence-corrected chi connectivity index (χ3v) is 3.34. The number of aromatic nitrogens is 1. The summed E-state index contributed by atoms with van der Waals surface area (Å²) in [5, 5.41) is 8.80. The zero-order valence-electron chi connectivity index (χ0n) is 11.5. The van der Waals surface area contributed by atoms with Gasteiger partial charge in [-0.05, 0) is 18.6 Å². The molecule has 1 aliphatic heterocycles. The molecule has 1 fully saturated rings. The Labute approximate surface area is 124 Å². The Balaban J connectivity index is 2.04. The molecule has 0 bridgehead atoms. The monoisotopic (exact) mass is 317 g/mol. The van der Waals surface area contributed by atoms with Crippen LogP contribution in [-0.4, -0.2) is 59.2 Å². The number of alkyl halides is 3. The zero-order chi connectivity index (χ0) is 16.3. The van der Waals surface area contributed by atoms with E-state index < -0.39 is 18.1 Å². The second-order valence-corrected chi connectivity index (χ2v) is 4.84. The van der Waals surface area contributed by atoms with Gasteiger partial charge in [0.25, 0.3) is 0 Å². The summed E-state index contributed by atoms with van der Waals surface area (Å²) >= 11 is 0. The minimum atomic E-state index is -4.86. The van der Waals surface area contributed by atoms with Crippen LogP contribution in [0.4, 0.5) is 19.0 Å². The van der Waals surface area contributed by atoms with Gasteiger partial charge < -0.3 is 14.9 Å². The summed E-state index contributed by atoms with van der Waals surface area (Å²) in [7, 11) is 0. The molecule has 6 nitrogen and oxygen atoms in total. The van der Waals surface area contributed by atoms with Crippen molar-refractivity contribution >= 4 is 17.7 Å². The van der Waals surface area contributed by atoms with Gasteiger partial charge in [-0.15, -0.1) is 0 Å². The van der Waals surface area contributed by atoms with Gasteiger partial charge in [0.15, 0.2) is 0 Å². The number of rotatable bonds is 2. The molecule has 0 aromatic carbocycles. The topological polar surface area (TPSA) is 73.7 Å². The maximum atomic E-state index is 12.4. The SMILES string of the molecule is O=C(O)c1ccc(N2CCCN(C(=O)C(F)(F)F)CC2)nc1. The molecular formula is C13H14F3N3O3. The number of pyridine rings is 1. The minimum Gasteiger partial charge on any atom is -0.478 e. The van der Waals surface area contributed by atoms with Gasteiger partial charge in [-0.2, -0.15) is 13.2 Å². The van der Waals surface area contributed by atoms with Gasteiger partial charge in [-0.3, -0.25) is 4.79 Å². The van der Waals surface area contributed by atoms with Gasteiger partial charge in [-0.1, -0.05) is 0 Å². The Kier molecular flexibility index (Phi) is 4.53. The summed E-state index contributed by atoms with van der Waals surface area (Å²) in [6, 6.07) is 2.89. The van der Waals surface area contributed by atoms with Crippen LogP contribution in [0.1, 0.15) is 16.8 Å². The highest BCUT2D eigenvalue weighted by atomic mass is 19.4. The summed E-state index contributed by atoms with van der Waals surface area (Å²) in [4.78, 5) is 28.5. The number of hydrogen-bond donors (Lipinski definition) is 1. The van der Waals surface area contributed by atoms with Crippen molar-refractivity contribution in [3.63, 3.8) is 0 Å². The van der Waals surface area contributed by atoms with Crippen LogP contribution in [0.5, 0.6) is 0 Å². The third kappa shape index (κ3) is 3.66. The molecule has 1 aromatic heterocycles. The highest BCUT2D eigenvalue weighted by Crippen LogP contribution is 2.21. The highest BCUT2D eigenvalue weighted by Gasteiger charge is 2.42. The Morgan fingerprint density at radius 3 is 2.41 bits per heavy atom. The molecule has 0 radical (unpaired) electrons. The summed E-state index contributed by atoms with van der Waals surface area (Å²) in [5.41, 5.74) is 0.0347. The number of anilines is 1. The summed E-state index contributed by atoms with van der Waals surface area (Å²) in [5.74, 6) is -2.45. The quantitative estimate of drug-likeness (QED) is 0.892. The van der Waals surface area contributed by atoms with Crippen LogP contribution in [-0.2, 0) is 4.79 Å². The molecule has 0 spiro atoms. The zero-order valence-corrected chi connectivity index (χ0v) is 11.5. The lowest BCUT2D eigenvalue weighted by molar-refractivity contribution is -0.185. The lowest BCUT2D eigenvalue weighted by atomic mass is 10.3. The second-order valence-electron chi connectivity index (χ2n) is 4.84. The third-order valence-electron chi connectivity index (χ3n) is 3.34. The molecule has 0 saturated carbocycles. The van der Waals surface area contributed by atoms with E-state index in [1.807, 2.05) is 0 Å². The molecule has 1 aromatic rings. The van der Waals surface area contributed by atoms with Crippen molar-refractivity contribution in [1.29, 1.82) is 0 Å². The van der Waals surface area contributed by atoms with E-state index in [-0.39, 0.29) is 25.2 Å². The fourth-order valence-electron chi connectivity index (χ4n) is 2.23. The first kappa shape index (κ1) is 16.1. The molecule has 1 aliphatic rings. The summed E-state index contributed by atoms with van der Waals surface area (Å²) in [6.45, 7) is 0.630. The molecular weight excluding hydrogens is 303 g/mol. The van der Waals surface area contributed by atoms with Gasteiger partial charge in [0.05, 0.1) is 5.56 Å². The van der Waals surface area contributed by atoms with Crippen molar-refractivity contribution in [3.8, 4) is 0 Å². The molecule has 2 rings (SSSR count). The standard InChI is InChI=1S/C13H14F3N3O3/c14-13(15,16)12(22)19-5-1-4-18(6-7-19)10-3-2-9(8-17-10)11(20)21/h2-3,8H,1,4-7H2,(H,20,21). The number of carbonyl (C=O) groups excluding carboxylic acids is 1. The van der Waals surface area contributed by atoms with Crippen molar-refractivity contribution in [2.45, 2.75) is 12.6 Å². The number of carbonyl (C=O) groups is 2. The Bertz CT molecular complexity index is 560. The number of halogens is 3. The number of nitrogens with zero attached hydrogens (tertiary/aromatic N) is 3. The van der Waals surface area contributed by atoms with Crippen LogP contribution in [0.3, 0.4) is 0 Å². The molecule has 0 unspecified atom stereocenters. The molecule has 120 valence electrons. The Morgan fingerprint density at radius 2 is 1.86 bits per heavy atom. The van der Waals surface area contributed by atoms with E-state index in [0.29, 0.717) is 18.8 Å². The summed E-state index contributed by atoms with van der Waals surface area (Å²) in [6.07, 6.45) is -3.29. The largest absolute Gasteiger partial charge is 0.478 e. The van der Waals surface area contributed by atoms with Gasteiger partial charge in [0, 0.05) is 32.4 Å². The number of amides is 1. The van der Waals surface area contributed by atoms with E-state index in [2.05, 4.69) is 4.98 Å². The predicted octanol–water partition coefficient (Wildman–Crippen LogP) is 1.38. The van der Waals surface area contributed by atoms with Crippen LogP contribution >= 0.6 is 0 Å². The average Bonchev–Trinajstić information content (AvgIpc) is 2.71. The normalized spacial score (nSPS) is 16.3. The summed E-state index contributed by atoms with van der Waals surface area (Å²) < 4.78 is 37.3. The van der Waals surface area contributed by atoms with Gasteiger partial charge in [0.2, 0.25) is 0 Å². The van der Waals surface area contributed by atoms with E-state index in [4.69, 9.17) is 5.11 Å². The van der Waals surface area contributed by atoms with Crippen LogP contribution in [0.15, 0.2) is 18.3 Å². The molecule has 9 heteroatoms. The van der Waals surface area contributed by atoms with Gasteiger partial charge in [-0.25, -0.2) is 9.78 Å². The second kappa shape index (κ2) is 6.20. The lowest BCUT2D eigenvalue weighted by Crippen LogP contribution is -2.43. The number of carboxylic acids is 1. The number of aromatic carboxylic acids is 1. The molecule has 1 N–H and O–H groups in total. The van der Waals surface area contributed by atoms with Crippen LogP contribution in [0.25, 0.3) is 0 Å². The molecule has 1 amide bonds. The van der Waals surface area contributed by atoms with Crippen molar-refractivity contribution < 1.29 is 27.9 Å². The van der Waals surface area contributed by atoms with Crippen LogP contribution in [0, 0.1) is 0 Å². The number of hydrogen-bond acceptors (Lipinski definition) is 4. The Morgan fingerprint density at radius 1 is 1.14 bits per heavy atom. The fraction of sp³-hybridized carbons (Fsp3) is 0.462. The average molecular weight is 317 g/mol. The Hall–Kier alpha value is -2.32. The van der Waals surface area contributed by atoms with Crippen molar-refractivity contribution in [3.05, 3.63) is 23.9 Å². The van der Waals surface area contributed by atoms with Gasteiger partial charge >= 0.3 is 18.1 Å². The van der Waals surface area contributed by atoms with Crippen LogP contribution in [0.2, 0.25) is 0 Å². The first-order valence-electron chi connectivity index (χ1n) is 6.59. The van der Waals surface area contributed by atoms with Crippen molar-refractivity contribution in [1.82, 2.24) is 9.88 Å². The predicted molar refractivity (Wildman–Crippen MR) is 70.7 cm³/mol. The first-order chi connectivity index (χ1) is 10.3. The van der Waals surface area contributed by atoms with E-state index in [9.17, 15) is 22.8 Å². The molecule has 1 saturated heterocycles. The highest BCUT2D eigenvalue weighted by molar-refractivity contribution is 5.87. The van der Waals surface area contributed by atoms with Crippen LogP contribution < -0.4 is 4.90 Å². The maximum Gasteiger partial charge on any atom is 0.471 e. The fourth-order valence-corrected chi connectivity index (χ4v) is 2.23. The maximum absolute atomic E-state index is 12.4. The smallest absolute Gasteiger partial charge is 0.471 e. The number of carboxylic acid groups (broad SMARTS) is 1. The molecule has 0 aliphatic carbocycles. The van der Waals surface area contributed by atoms with Crippen molar-refractivity contribution in [2.24, 2.45) is 0 Å². The lowest BCUT2D eigenvalue weighted by Gasteiger charge is -2.23. The van der Waals surface area contributed by atoms with E-state index in [0.717, 1.165) is 4.90 Å². The molecule has 0 atom stereocenters. The van der Waals surface area contributed by atoms with E-state index in [1.165, 1.54) is 18.3 Å². The minimum absolute atomic E-state index is 0.0298. The first-order valence-corrected chi connectivity index (χ1v) is 6.59. The van der Waals surface area contributed by atoms with Crippen molar-refractivity contribution in [2.75, 3.05) is 31.1 Å².